The number of hydrogen-bond donors (Lipinski definition) is 2. The Balaban J connectivity index is 1.21. The number of benzene rings is 2. The lowest BCUT2D eigenvalue weighted by molar-refractivity contribution is -0.147. The highest BCUT2D eigenvalue weighted by Gasteiger charge is 2.52. The molecule has 0 unspecified atom stereocenters. The smallest absolute Gasteiger partial charge is 0.325 e. The average molecular weight is 423 g/mol. The van der Waals surface area contributed by atoms with E-state index < -0.39 is 30.1 Å². The first-order valence-electron chi connectivity index (χ1n) is 10.6. The Morgan fingerprint density at radius 3 is 2.61 bits per heavy atom. The van der Waals surface area contributed by atoms with Crippen LogP contribution in [0.5, 0.6) is 0 Å². The molecule has 0 radical (unpaired) electrons. The zero-order valence-electron chi connectivity index (χ0n) is 17.2. The summed E-state index contributed by atoms with van der Waals surface area (Å²) >= 11 is 0. The lowest BCUT2D eigenvalue weighted by Gasteiger charge is -2.19. The molecule has 8 nitrogen and oxygen atoms in total. The summed E-state index contributed by atoms with van der Waals surface area (Å²) in [5.74, 6) is -1.17. The molecule has 2 aromatic rings. The van der Waals surface area contributed by atoms with Gasteiger partial charge in [0.25, 0.3) is 11.8 Å². The third kappa shape index (κ3) is 4.38. The minimum atomic E-state index is -0.739. The number of carbonyl (C=O) groups excluding carboxylic acids is 4. The molecule has 1 aliphatic heterocycles. The van der Waals surface area contributed by atoms with E-state index in [1.165, 1.54) is 4.90 Å². The lowest BCUT2D eigenvalue weighted by Crippen LogP contribution is -2.44. The van der Waals surface area contributed by atoms with E-state index in [0.717, 1.165) is 23.6 Å². The Hall–Kier alpha value is -3.42. The van der Waals surface area contributed by atoms with Crippen molar-refractivity contribution >= 4 is 40.3 Å². The number of ether oxygens (including phenoxy) is 1. The van der Waals surface area contributed by atoms with Crippen molar-refractivity contribution < 1.29 is 23.9 Å². The quantitative estimate of drug-likeness (QED) is 0.526. The van der Waals surface area contributed by atoms with E-state index in [1.54, 1.807) is 6.07 Å². The normalized spacial score (nSPS) is 17.2. The van der Waals surface area contributed by atoms with Gasteiger partial charge in [0.05, 0.1) is 0 Å². The Kier molecular flexibility index (Phi) is 5.88. The number of rotatable bonds is 7. The van der Waals surface area contributed by atoms with E-state index in [-0.39, 0.29) is 18.9 Å². The Morgan fingerprint density at radius 1 is 1.06 bits per heavy atom. The van der Waals surface area contributed by atoms with Crippen LogP contribution in [0.3, 0.4) is 0 Å². The van der Waals surface area contributed by atoms with E-state index in [0.29, 0.717) is 24.9 Å². The number of anilines is 1. The zero-order valence-corrected chi connectivity index (χ0v) is 17.2. The van der Waals surface area contributed by atoms with Gasteiger partial charge >= 0.3 is 12.0 Å². The molecule has 1 spiro atoms. The van der Waals surface area contributed by atoms with Crippen molar-refractivity contribution in [2.24, 2.45) is 0 Å². The third-order valence-corrected chi connectivity index (χ3v) is 5.89. The van der Waals surface area contributed by atoms with Crippen LogP contribution >= 0.6 is 0 Å². The average Bonchev–Trinajstić information content (AvgIpc) is 3.33. The molecule has 2 aromatic carbocycles. The number of esters is 1. The Labute approximate surface area is 179 Å². The highest BCUT2D eigenvalue weighted by atomic mass is 16.5. The molecule has 4 amide bonds. The number of carbonyl (C=O) groups is 4. The highest BCUT2D eigenvalue weighted by Crippen LogP contribution is 2.35. The van der Waals surface area contributed by atoms with Crippen LogP contribution in [0.25, 0.3) is 10.8 Å². The fourth-order valence-electron chi connectivity index (χ4n) is 4.32. The van der Waals surface area contributed by atoms with Crippen LogP contribution in [-0.2, 0) is 19.1 Å². The number of amides is 4. The molecule has 1 heterocycles. The first kappa shape index (κ1) is 20.8. The first-order chi connectivity index (χ1) is 15.0. The molecule has 2 aliphatic rings. The molecule has 0 bridgehead atoms. The summed E-state index contributed by atoms with van der Waals surface area (Å²) in [6.45, 7) is -0.238. The van der Waals surface area contributed by atoms with E-state index in [1.807, 2.05) is 36.4 Å². The topological polar surface area (TPSA) is 105 Å². The standard InChI is InChI=1S/C23H25N3O5/c27-19(24-18-10-5-8-16-7-1-2-9-17(16)18)15-31-20(28)11-6-14-26-21(29)23(25-22(26)30)12-3-4-13-23/h1-2,5,7-10H,3-4,6,11-15H2,(H,24,27)(H,25,30). The van der Waals surface area contributed by atoms with Gasteiger partial charge in [-0.15, -0.1) is 0 Å². The second-order valence-corrected chi connectivity index (χ2v) is 8.02. The third-order valence-electron chi connectivity index (χ3n) is 5.89. The van der Waals surface area contributed by atoms with Gasteiger partial charge in [-0.2, -0.15) is 0 Å². The SMILES string of the molecule is O=C(COC(=O)CCCN1C(=O)NC2(CCCC2)C1=O)Nc1cccc2ccccc12. The minimum Gasteiger partial charge on any atom is -0.456 e. The van der Waals surface area contributed by atoms with Crippen molar-refractivity contribution in [2.75, 3.05) is 18.5 Å². The molecular formula is C23H25N3O5. The van der Waals surface area contributed by atoms with Crippen molar-refractivity contribution in [3.8, 4) is 0 Å². The van der Waals surface area contributed by atoms with Crippen LogP contribution in [0.15, 0.2) is 42.5 Å². The predicted molar refractivity (Wildman–Crippen MR) is 114 cm³/mol. The molecule has 4 rings (SSSR count). The van der Waals surface area contributed by atoms with Crippen LogP contribution in [0, 0.1) is 0 Å². The van der Waals surface area contributed by atoms with E-state index in [2.05, 4.69) is 10.6 Å². The molecule has 31 heavy (non-hydrogen) atoms. The largest absolute Gasteiger partial charge is 0.456 e. The molecule has 1 saturated carbocycles. The summed E-state index contributed by atoms with van der Waals surface area (Å²) < 4.78 is 5.04. The number of fused-ring (bicyclic) bond motifs is 1. The lowest BCUT2D eigenvalue weighted by atomic mass is 9.98. The fraction of sp³-hybridized carbons (Fsp3) is 0.391. The van der Waals surface area contributed by atoms with Crippen LogP contribution in [-0.4, -0.2) is 47.4 Å². The summed E-state index contributed by atoms with van der Waals surface area (Å²) in [6.07, 6.45) is 3.49. The second-order valence-electron chi connectivity index (χ2n) is 8.02. The van der Waals surface area contributed by atoms with Gasteiger partial charge in [-0.1, -0.05) is 49.2 Å². The van der Waals surface area contributed by atoms with Gasteiger partial charge < -0.3 is 15.4 Å². The predicted octanol–water partition coefficient (Wildman–Crippen LogP) is 2.97. The summed E-state index contributed by atoms with van der Waals surface area (Å²) in [7, 11) is 0. The Morgan fingerprint density at radius 2 is 1.81 bits per heavy atom. The van der Waals surface area contributed by atoms with Gasteiger partial charge in [0.2, 0.25) is 0 Å². The molecule has 0 aromatic heterocycles. The molecule has 1 aliphatic carbocycles. The van der Waals surface area contributed by atoms with Crippen molar-refractivity contribution in [1.29, 1.82) is 0 Å². The summed E-state index contributed by atoms with van der Waals surface area (Å²) in [4.78, 5) is 50.1. The monoisotopic (exact) mass is 423 g/mol. The first-order valence-corrected chi connectivity index (χ1v) is 10.6. The van der Waals surface area contributed by atoms with Crippen LogP contribution < -0.4 is 10.6 Å². The highest BCUT2D eigenvalue weighted by molar-refractivity contribution is 6.07. The maximum absolute atomic E-state index is 12.6. The number of nitrogens with one attached hydrogen (secondary N) is 2. The fourth-order valence-corrected chi connectivity index (χ4v) is 4.32. The van der Waals surface area contributed by atoms with Crippen LogP contribution in [0.1, 0.15) is 38.5 Å². The summed E-state index contributed by atoms with van der Waals surface area (Å²) in [5, 5.41) is 7.47. The van der Waals surface area contributed by atoms with Crippen molar-refractivity contribution in [2.45, 2.75) is 44.1 Å². The molecule has 162 valence electrons. The van der Waals surface area contributed by atoms with Gasteiger partial charge in [-0.05, 0) is 30.7 Å². The minimum absolute atomic E-state index is 0.0195. The van der Waals surface area contributed by atoms with E-state index >= 15 is 0 Å². The number of imide groups is 1. The van der Waals surface area contributed by atoms with Gasteiger partial charge in [-0.3, -0.25) is 19.3 Å². The van der Waals surface area contributed by atoms with Crippen LogP contribution in [0.4, 0.5) is 10.5 Å². The number of hydrogen-bond acceptors (Lipinski definition) is 5. The van der Waals surface area contributed by atoms with Crippen molar-refractivity contribution in [3.05, 3.63) is 42.5 Å². The summed E-state index contributed by atoms with van der Waals surface area (Å²) in [6, 6.07) is 12.8. The van der Waals surface area contributed by atoms with Crippen molar-refractivity contribution in [3.63, 3.8) is 0 Å². The maximum Gasteiger partial charge on any atom is 0.325 e. The molecule has 2 N–H and O–H groups in total. The molecular weight excluding hydrogens is 398 g/mol. The second kappa shape index (κ2) is 8.75. The van der Waals surface area contributed by atoms with E-state index in [9.17, 15) is 19.2 Å². The molecule has 8 heteroatoms. The van der Waals surface area contributed by atoms with Crippen molar-refractivity contribution in [1.82, 2.24) is 10.2 Å². The van der Waals surface area contributed by atoms with Gasteiger partial charge in [0.15, 0.2) is 6.61 Å². The molecule has 2 fully saturated rings. The van der Waals surface area contributed by atoms with Gasteiger partial charge in [0, 0.05) is 24.0 Å². The molecule has 0 atom stereocenters. The Bertz CT molecular complexity index is 1020. The molecule has 1 saturated heterocycles. The van der Waals surface area contributed by atoms with Gasteiger partial charge in [0.1, 0.15) is 5.54 Å². The number of urea groups is 1. The summed E-state index contributed by atoms with van der Waals surface area (Å²) in [5.41, 5.74) is -0.0874. The maximum atomic E-state index is 12.6. The van der Waals surface area contributed by atoms with E-state index in [4.69, 9.17) is 4.74 Å². The van der Waals surface area contributed by atoms with Crippen LogP contribution in [0.2, 0.25) is 0 Å². The number of nitrogens with zero attached hydrogens (tertiary/aromatic N) is 1. The zero-order chi connectivity index (χ0) is 21.8. The van der Waals surface area contributed by atoms with Gasteiger partial charge in [-0.25, -0.2) is 4.79 Å².